The second-order valence-corrected chi connectivity index (χ2v) is 8.73. The number of amides is 1. The minimum absolute atomic E-state index is 0.168. The lowest BCUT2D eigenvalue weighted by Gasteiger charge is -2.24. The molecule has 8 nitrogen and oxygen atoms in total. The van der Waals surface area contributed by atoms with Gasteiger partial charge in [-0.15, -0.1) is 0 Å². The zero-order valence-corrected chi connectivity index (χ0v) is 20.2. The third-order valence-corrected chi connectivity index (χ3v) is 6.33. The lowest BCUT2D eigenvalue weighted by molar-refractivity contribution is -0.148. The molecule has 0 saturated heterocycles. The molecule has 0 aliphatic heterocycles. The predicted octanol–water partition coefficient (Wildman–Crippen LogP) is 2.60. The standard InChI is InChI=1S/C27H35N3O5/c1-34-25-15-6-5-11-20(25)17-29-23(14-8-16-28)26(32)30-22-13-7-12-21(22)27(33)35-18-24(31)19-9-3-2-4-10-19/h2-6,9-11,15,21-23,29H,7-8,12-14,16-18,28H2,1H3,(H,30,32)/t21-,22+,23+/m1/s1. The molecule has 1 amide bonds. The summed E-state index contributed by atoms with van der Waals surface area (Å²) in [6.07, 6.45) is 3.37. The fraction of sp³-hybridized carbons (Fsp3) is 0.444. The largest absolute Gasteiger partial charge is 0.496 e. The van der Waals surface area contributed by atoms with Gasteiger partial charge >= 0.3 is 5.97 Å². The van der Waals surface area contributed by atoms with E-state index in [-0.39, 0.29) is 24.3 Å². The number of methoxy groups -OCH3 is 1. The van der Waals surface area contributed by atoms with Crippen LogP contribution in [0.25, 0.3) is 0 Å². The van der Waals surface area contributed by atoms with Gasteiger partial charge in [-0.25, -0.2) is 0 Å². The molecule has 0 aromatic heterocycles. The van der Waals surface area contributed by atoms with E-state index in [1.165, 1.54) is 0 Å². The zero-order chi connectivity index (χ0) is 25.0. The minimum Gasteiger partial charge on any atom is -0.496 e. The van der Waals surface area contributed by atoms with Crippen molar-refractivity contribution in [1.29, 1.82) is 0 Å². The first-order valence-corrected chi connectivity index (χ1v) is 12.1. The maximum atomic E-state index is 13.1. The summed E-state index contributed by atoms with van der Waals surface area (Å²) in [6, 6.07) is 15.6. The van der Waals surface area contributed by atoms with Crippen molar-refractivity contribution in [3.8, 4) is 5.75 Å². The first-order chi connectivity index (χ1) is 17.0. The second kappa shape index (κ2) is 13.6. The van der Waals surface area contributed by atoms with E-state index in [0.29, 0.717) is 44.3 Å². The summed E-state index contributed by atoms with van der Waals surface area (Å²) in [4.78, 5) is 38.1. The van der Waals surface area contributed by atoms with Crippen molar-refractivity contribution in [2.75, 3.05) is 20.3 Å². The lowest BCUT2D eigenvalue weighted by Crippen LogP contribution is -2.50. The Labute approximate surface area is 206 Å². The van der Waals surface area contributed by atoms with Crippen LogP contribution >= 0.6 is 0 Å². The highest BCUT2D eigenvalue weighted by molar-refractivity contribution is 5.98. The first kappa shape index (κ1) is 26.4. The first-order valence-electron chi connectivity index (χ1n) is 12.1. The van der Waals surface area contributed by atoms with E-state index in [4.69, 9.17) is 15.2 Å². The van der Waals surface area contributed by atoms with E-state index in [2.05, 4.69) is 10.6 Å². The Bertz CT molecular complexity index is 982. The van der Waals surface area contributed by atoms with E-state index in [9.17, 15) is 14.4 Å². The van der Waals surface area contributed by atoms with Crippen LogP contribution < -0.4 is 21.1 Å². The molecule has 3 atom stereocenters. The molecule has 0 unspecified atom stereocenters. The number of ether oxygens (including phenoxy) is 2. The van der Waals surface area contributed by atoms with E-state index in [1.54, 1.807) is 31.4 Å². The summed E-state index contributed by atoms with van der Waals surface area (Å²) in [7, 11) is 1.62. The molecule has 1 aliphatic rings. The molecule has 0 radical (unpaired) electrons. The van der Waals surface area contributed by atoms with Crippen molar-refractivity contribution < 1.29 is 23.9 Å². The molecular weight excluding hydrogens is 446 g/mol. The van der Waals surface area contributed by atoms with Gasteiger partial charge in [0, 0.05) is 23.7 Å². The van der Waals surface area contributed by atoms with Crippen LogP contribution in [0.4, 0.5) is 0 Å². The van der Waals surface area contributed by atoms with Gasteiger partial charge in [-0.2, -0.15) is 0 Å². The fourth-order valence-electron chi connectivity index (χ4n) is 4.38. The van der Waals surface area contributed by atoms with Crippen LogP contribution in [0.1, 0.15) is 48.0 Å². The Morgan fingerprint density at radius 1 is 1.06 bits per heavy atom. The fourth-order valence-corrected chi connectivity index (χ4v) is 4.38. The van der Waals surface area contributed by atoms with Crippen molar-refractivity contribution in [1.82, 2.24) is 10.6 Å². The van der Waals surface area contributed by atoms with E-state index in [0.717, 1.165) is 17.7 Å². The molecule has 1 aliphatic carbocycles. The van der Waals surface area contributed by atoms with E-state index in [1.807, 2.05) is 30.3 Å². The van der Waals surface area contributed by atoms with Gasteiger partial charge in [0.1, 0.15) is 5.75 Å². The molecule has 3 rings (SSSR count). The molecule has 35 heavy (non-hydrogen) atoms. The minimum atomic E-state index is -0.466. The number of carbonyl (C=O) groups excluding carboxylic acids is 3. The summed E-state index contributed by atoms with van der Waals surface area (Å²) < 4.78 is 10.7. The Kier molecular flexibility index (Phi) is 10.3. The van der Waals surface area contributed by atoms with Crippen molar-refractivity contribution >= 4 is 17.7 Å². The van der Waals surface area contributed by atoms with Crippen molar-refractivity contribution in [3.05, 3.63) is 65.7 Å². The van der Waals surface area contributed by atoms with Crippen LogP contribution in [0.2, 0.25) is 0 Å². The molecular formula is C27H35N3O5. The summed E-state index contributed by atoms with van der Waals surface area (Å²) in [6.45, 7) is 0.637. The molecule has 0 bridgehead atoms. The second-order valence-electron chi connectivity index (χ2n) is 8.73. The third-order valence-electron chi connectivity index (χ3n) is 6.33. The summed E-state index contributed by atoms with van der Waals surface area (Å²) in [5.41, 5.74) is 7.14. The molecule has 0 spiro atoms. The smallest absolute Gasteiger partial charge is 0.311 e. The number of hydrogen-bond acceptors (Lipinski definition) is 7. The van der Waals surface area contributed by atoms with Gasteiger partial charge in [0.2, 0.25) is 5.91 Å². The number of hydrogen-bond donors (Lipinski definition) is 3. The number of ketones is 1. The average molecular weight is 482 g/mol. The normalized spacial score (nSPS) is 18.0. The van der Waals surface area contributed by atoms with E-state index >= 15 is 0 Å². The Balaban J connectivity index is 1.56. The number of Topliss-reactive ketones (excluding diaryl/α,β-unsaturated/α-hetero) is 1. The maximum absolute atomic E-state index is 13.1. The van der Waals surface area contributed by atoms with Gasteiger partial charge in [-0.1, -0.05) is 55.0 Å². The quantitative estimate of drug-likeness (QED) is 0.297. The van der Waals surface area contributed by atoms with Gasteiger partial charge in [-0.3, -0.25) is 14.4 Å². The van der Waals surface area contributed by atoms with Crippen LogP contribution in [0.15, 0.2) is 54.6 Å². The topological polar surface area (TPSA) is 120 Å². The predicted molar refractivity (Wildman–Crippen MR) is 133 cm³/mol. The summed E-state index contributed by atoms with van der Waals surface area (Å²) >= 11 is 0. The van der Waals surface area contributed by atoms with Gasteiger partial charge in [0.25, 0.3) is 0 Å². The number of carbonyl (C=O) groups is 3. The molecule has 2 aromatic rings. The zero-order valence-electron chi connectivity index (χ0n) is 20.2. The summed E-state index contributed by atoms with van der Waals surface area (Å²) in [5, 5.41) is 6.36. The van der Waals surface area contributed by atoms with Crippen molar-refractivity contribution in [2.24, 2.45) is 11.7 Å². The highest BCUT2D eigenvalue weighted by Gasteiger charge is 2.36. The molecule has 188 valence electrons. The molecule has 1 saturated carbocycles. The average Bonchev–Trinajstić information content (AvgIpc) is 3.35. The molecule has 0 heterocycles. The van der Waals surface area contributed by atoms with Gasteiger partial charge in [-0.05, 0) is 38.3 Å². The third kappa shape index (κ3) is 7.63. The Morgan fingerprint density at radius 3 is 2.54 bits per heavy atom. The highest BCUT2D eigenvalue weighted by atomic mass is 16.5. The maximum Gasteiger partial charge on any atom is 0.311 e. The highest BCUT2D eigenvalue weighted by Crippen LogP contribution is 2.27. The summed E-state index contributed by atoms with van der Waals surface area (Å²) in [5.74, 6) is -0.579. The Hall–Kier alpha value is -3.23. The molecule has 4 N–H and O–H groups in total. The number of para-hydroxylation sites is 1. The van der Waals surface area contributed by atoms with Gasteiger partial charge in [0.05, 0.1) is 19.1 Å². The van der Waals surface area contributed by atoms with Crippen LogP contribution in [-0.2, 0) is 20.9 Å². The van der Waals surface area contributed by atoms with Crippen LogP contribution in [0.3, 0.4) is 0 Å². The Morgan fingerprint density at radius 2 is 1.80 bits per heavy atom. The van der Waals surface area contributed by atoms with Crippen LogP contribution in [0.5, 0.6) is 5.75 Å². The van der Waals surface area contributed by atoms with Crippen LogP contribution in [0, 0.1) is 5.92 Å². The number of nitrogens with two attached hydrogens (primary N) is 1. The monoisotopic (exact) mass is 481 g/mol. The number of benzene rings is 2. The number of rotatable bonds is 13. The van der Waals surface area contributed by atoms with Crippen molar-refractivity contribution in [3.63, 3.8) is 0 Å². The SMILES string of the molecule is COc1ccccc1CN[C@@H](CCCN)C(=O)N[C@H]1CCC[C@H]1C(=O)OCC(=O)c1ccccc1. The number of nitrogens with one attached hydrogen (secondary N) is 2. The van der Waals surface area contributed by atoms with Gasteiger partial charge in [0.15, 0.2) is 12.4 Å². The molecule has 1 fully saturated rings. The number of esters is 1. The molecule has 2 aromatic carbocycles. The van der Waals surface area contributed by atoms with Crippen LogP contribution in [-0.4, -0.2) is 50.0 Å². The molecule has 8 heteroatoms. The van der Waals surface area contributed by atoms with E-state index < -0.39 is 17.9 Å². The van der Waals surface area contributed by atoms with Crippen molar-refractivity contribution in [2.45, 2.75) is 50.7 Å². The lowest BCUT2D eigenvalue weighted by atomic mass is 10.0. The van der Waals surface area contributed by atoms with Gasteiger partial charge < -0.3 is 25.8 Å².